The molecule has 90 valence electrons. The van der Waals surface area contributed by atoms with Crippen molar-refractivity contribution < 1.29 is 13.2 Å². The van der Waals surface area contributed by atoms with Gasteiger partial charge < -0.3 is 0 Å². The second-order valence-electron chi connectivity index (χ2n) is 4.15. The van der Waals surface area contributed by atoms with Gasteiger partial charge in [-0.25, -0.2) is 0 Å². The lowest BCUT2D eigenvalue weighted by Gasteiger charge is -2.20. The Morgan fingerprint density at radius 1 is 1.31 bits per heavy atom. The van der Waals surface area contributed by atoms with Gasteiger partial charge in [-0.1, -0.05) is 6.92 Å². The lowest BCUT2D eigenvalue weighted by atomic mass is 10.2. The minimum absolute atomic E-state index is 0.211. The minimum atomic E-state index is -4.11. The molecule has 1 aromatic rings. The highest BCUT2D eigenvalue weighted by Gasteiger charge is 2.62. The summed E-state index contributed by atoms with van der Waals surface area (Å²) < 4.78 is 37.8. The van der Waals surface area contributed by atoms with Gasteiger partial charge >= 0.3 is 6.18 Å². The number of rotatable bonds is 4. The molecule has 0 spiro atoms. The molecule has 1 aliphatic carbocycles. The Hall–Kier alpha value is -0.550. The number of nitrogens with one attached hydrogen (secondary N) is 1. The molecule has 1 nitrogen and oxygen atoms in total. The Morgan fingerprint density at radius 3 is 2.38 bits per heavy atom. The molecule has 16 heavy (non-hydrogen) atoms. The highest BCUT2D eigenvalue weighted by atomic mass is 32.1. The maximum Gasteiger partial charge on any atom is 0.406 e. The third-order valence-electron chi connectivity index (χ3n) is 2.96. The fourth-order valence-corrected chi connectivity index (χ4v) is 2.55. The Balaban J connectivity index is 1.93. The van der Waals surface area contributed by atoms with Crippen molar-refractivity contribution in [1.82, 2.24) is 5.32 Å². The Labute approximate surface area is 96.7 Å². The third kappa shape index (κ3) is 2.25. The van der Waals surface area contributed by atoms with Crippen LogP contribution >= 0.6 is 11.3 Å². The summed E-state index contributed by atoms with van der Waals surface area (Å²) in [5.74, 6) is 0. The molecule has 0 unspecified atom stereocenters. The maximum absolute atomic E-state index is 12.6. The lowest BCUT2D eigenvalue weighted by Crippen LogP contribution is -2.44. The summed E-state index contributed by atoms with van der Waals surface area (Å²) in [6, 6.07) is 3.89. The molecule has 0 atom stereocenters. The van der Waals surface area contributed by atoms with Gasteiger partial charge in [-0.3, -0.25) is 5.32 Å². The number of aryl methyl sites for hydroxylation is 1. The van der Waals surface area contributed by atoms with E-state index in [1.165, 1.54) is 4.88 Å². The highest BCUT2D eigenvalue weighted by Crippen LogP contribution is 2.49. The molecule has 1 aromatic heterocycles. The van der Waals surface area contributed by atoms with Crippen molar-refractivity contribution in [1.29, 1.82) is 0 Å². The Bertz CT molecular complexity index is 366. The topological polar surface area (TPSA) is 12.0 Å². The van der Waals surface area contributed by atoms with Crippen molar-refractivity contribution in [3.8, 4) is 0 Å². The van der Waals surface area contributed by atoms with E-state index < -0.39 is 11.7 Å². The molecule has 2 rings (SSSR count). The van der Waals surface area contributed by atoms with Gasteiger partial charge in [-0.15, -0.1) is 11.3 Å². The van der Waals surface area contributed by atoms with Gasteiger partial charge in [-0.05, 0) is 31.4 Å². The van der Waals surface area contributed by atoms with Gasteiger partial charge in [0, 0.05) is 16.3 Å². The average molecular weight is 249 g/mol. The summed E-state index contributed by atoms with van der Waals surface area (Å²) in [5, 5.41) is 2.65. The van der Waals surface area contributed by atoms with E-state index in [1.54, 1.807) is 11.3 Å². The molecule has 1 aliphatic rings. The molecule has 0 saturated heterocycles. The van der Waals surface area contributed by atoms with E-state index in [9.17, 15) is 13.2 Å². The van der Waals surface area contributed by atoms with Crippen LogP contribution in [0.4, 0.5) is 13.2 Å². The summed E-state index contributed by atoms with van der Waals surface area (Å²) >= 11 is 1.58. The standard InChI is InChI=1S/C11H14F3NS/c1-2-8-3-4-9(16-8)7-15-10(5-6-10)11(12,13)14/h3-4,15H,2,5-7H2,1H3. The average Bonchev–Trinajstić information content (AvgIpc) is 2.88. The number of alkyl halides is 3. The smallest absolute Gasteiger partial charge is 0.299 e. The lowest BCUT2D eigenvalue weighted by molar-refractivity contribution is -0.166. The van der Waals surface area contributed by atoms with Crippen LogP contribution < -0.4 is 5.32 Å². The SMILES string of the molecule is CCc1ccc(CNC2(C(F)(F)F)CC2)s1. The van der Waals surface area contributed by atoms with Crippen LogP contribution in [0.1, 0.15) is 29.5 Å². The first-order valence-electron chi connectivity index (χ1n) is 5.36. The monoisotopic (exact) mass is 249 g/mol. The zero-order valence-electron chi connectivity index (χ0n) is 9.03. The third-order valence-corrected chi connectivity index (χ3v) is 4.19. The van der Waals surface area contributed by atoms with Crippen LogP contribution in [0.15, 0.2) is 12.1 Å². The second kappa shape index (κ2) is 4.04. The first kappa shape index (κ1) is 11.9. The minimum Gasteiger partial charge on any atom is -0.299 e. The van der Waals surface area contributed by atoms with Crippen LogP contribution in [0.2, 0.25) is 0 Å². The number of thiophene rings is 1. The first-order valence-corrected chi connectivity index (χ1v) is 6.18. The Kier molecular flexibility index (Phi) is 3.01. The van der Waals surface area contributed by atoms with Crippen LogP contribution in [-0.2, 0) is 13.0 Å². The van der Waals surface area contributed by atoms with E-state index in [2.05, 4.69) is 5.32 Å². The van der Waals surface area contributed by atoms with Crippen molar-refractivity contribution in [2.75, 3.05) is 0 Å². The van der Waals surface area contributed by atoms with E-state index in [0.29, 0.717) is 6.54 Å². The van der Waals surface area contributed by atoms with E-state index in [4.69, 9.17) is 0 Å². The van der Waals surface area contributed by atoms with Crippen LogP contribution in [0.5, 0.6) is 0 Å². The van der Waals surface area contributed by atoms with Crippen LogP contribution in [-0.4, -0.2) is 11.7 Å². The maximum atomic E-state index is 12.6. The normalized spacial score (nSPS) is 18.8. The second-order valence-corrected chi connectivity index (χ2v) is 5.41. The summed E-state index contributed by atoms with van der Waals surface area (Å²) in [6.07, 6.45) is -2.75. The van der Waals surface area contributed by atoms with E-state index in [-0.39, 0.29) is 12.8 Å². The van der Waals surface area contributed by atoms with E-state index in [1.807, 2.05) is 19.1 Å². The molecule has 0 aliphatic heterocycles. The van der Waals surface area contributed by atoms with Gasteiger partial charge in [0.2, 0.25) is 0 Å². The molecule has 1 fully saturated rings. The highest BCUT2D eigenvalue weighted by molar-refractivity contribution is 7.11. The molecular weight excluding hydrogens is 235 g/mol. The van der Waals surface area contributed by atoms with E-state index in [0.717, 1.165) is 11.3 Å². The fraction of sp³-hybridized carbons (Fsp3) is 0.636. The van der Waals surface area contributed by atoms with Gasteiger partial charge in [0.05, 0.1) is 0 Å². The van der Waals surface area contributed by atoms with Gasteiger partial charge in [0.1, 0.15) is 5.54 Å². The van der Waals surface area contributed by atoms with Gasteiger partial charge in [-0.2, -0.15) is 13.2 Å². The molecule has 0 bridgehead atoms. The molecule has 0 aromatic carbocycles. The largest absolute Gasteiger partial charge is 0.406 e. The predicted molar refractivity (Wildman–Crippen MR) is 58.6 cm³/mol. The summed E-state index contributed by atoms with van der Waals surface area (Å²) in [7, 11) is 0. The quantitative estimate of drug-likeness (QED) is 0.861. The molecule has 1 saturated carbocycles. The van der Waals surface area contributed by atoms with Crippen molar-refractivity contribution >= 4 is 11.3 Å². The zero-order valence-corrected chi connectivity index (χ0v) is 9.84. The Morgan fingerprint density at radius 2 is 1.94 bits per heavy atom. The van der Waals surface area contributed by atoms with Crippen molar-refractivity contribution in [2.24, 2.45) is 0 Å². The predicted octanol–water partition coefficient (Wildman–Crippen LogP) is 3.50. The van der Waals surface area contributed by atoms with Crippen molar-refractivity contribution in [2.45, 2.75) is 44.4 Å². The number of halogens is 3. The van der Waals surface area contributed by atoms with Gasteiger partial charge in [0.15, 0.2) is 0 Å². The van der Waals surface area contributed by atoms with Crippen LogP contribution in [0.3, 0.4) is 0 Å². The van der Waals surface area contributed by atoms with Crippen LogP contribution in [0, 0.1) is 0 Å². The molecule has 0 amide bonds. The summed E-state index contributed by atoms with van der Waals surface area (Å²) in [6.45, 7) is 2.37. The van der Waals surface area contributed by atoms with Crippen molar-refractivity contribution in [3.63, 3.8) is 0 Å². The summed E-state index contributed by atoms with van der Waals surface area (Å²) in [4.78, 5) is 2.20. The van der Waals surface area contributed by atoms with E-state index >= 15 is 0 Å². The molecule has 1 heterocycles. The molecule has 5 heteroatoms. The first-order chi connectivity index (χ1) is 7.47. The summed E-state index contributed by atoms with van der Waals surface area (Å²) in [5.41, 5.74) is -1.59. The van der Waals surface area contributed by atoms with Gasteiger partial charge in [0.25, 0.3) is 0 Å². The van der Waals surface area contributed by atoms with Crippen LogP contribution in [0.25, 0.3) is 0 Å². The number of hydrogen-bond donors (Lipinski definition) is 1. The van der Waals surface area contributed by atoms with Crippen molar-refractivity contribution in [3.05, 3.63) is 21.9 Å². The number of hydrogen-bond acceptors (Lipinski definition) is 2. The fourth-order valence-electron chi connectivity index (χ4n) is 1.65. The molecule has 0 radical (unpaired) electrons. The molecular formula is C11H14F3NS. The zero-order chi connectivity index (χ0) is 11.8. The molecule has 1 N–H and O–H groups in total.